The molecule has 0 aromatic heterocycles. The lowest BCUT2D eigenvalue weighted by Gasteiger charge is -2.26. The van der Waals surface area contributed by atoms with Crippen LogP contribution in [-0.2, 0) is 9.59 Å². The third-order valence-corrected chi connectivity index (χ3v) is 3.69. The first-order valence-electron chi connectivity index (χ1n) is 5.93. The number of nitrogens with one attached hydrogen (secondary N) is 1. The van der Waals surface area contributed by atoms with Gasteiger partial charge in [0.15, 0.2) is 0 Å². The molecule has 2 amide bonds. The molecule has 4 heteroatoms. The Morgan fingerprint density at radius 3 is 2.56 bits per heavy atom. The monoisotopic (exact) mass is 245 g/mol. The van der Waals surface area contributed by atoms with Gasteiger partial charge in [0.25, 0.3) is 0 Å². The molecule has 1 aliphatic heterocycles. The molecule has 92 valence electrons. The highest BCUT2D eigenvalue weighted by Crippen LogP contribution is 2.40. The number of rotatable bonds is 1. The lowest BCUT2D eigenvalue weighted by Crippen LogP contribution is -2.27. The van der Waals surface area contributed by atoms with Crippen LogP contribution < -0.4 is 5.32 Å². The highest BCUT2D eigenvalue weighted by Gasteiger charge is 2.46. The molecule has 1 unspecified atom stereocenters. The Labute approximate surface area is 104 Å². The first kappa shape index (κ1) is 11.1. The van der Waals surface area contributed by atoms with E-state index in [0.717, 1.165) is 5.56 Å². The van der Waals surface area contributed by atoms with Crippen LogP contribution in [0.3, 0.4) is 0 Å². The zero-order chi connectivity index (χ0) is 12.7. The summed E-state index contributed by atoms with van der Waals surface area (Å²) in [4.78, 5) is 23.5. The molecule has 1 saturated heterocycles. The molecule has 1 aromatic carbocycles. The molecule has 3 nitrogen and oxygen atoms in total. The summed E-state index contributed by atoms with van der Waals surface area (Å²) in [5.41, 5.74) is 0.868. The summed E-state index contributed by atoms with van der Waals surface area (Å²) in [6.45, 7) is 0. The minimum Gasteiger partial charge on any atom is -0.296 e. The van der Waals surface area contributed by atoms with Crippen molar-refractivity contribution >= 4 is 11.8 Å². The molecule has 1 heterocycles. The minimum absolute atomic E-state index is 0.143. The van der Waals surface area contributed by atoms with E-state index in [1.807, 2.05) is 12.2 Å². The minimum atomic E-state index is -0.354. The predicted octanol–water partition coefficient (Wildman–Crippen LogP) is 1.76. The van der Waals surface area contributed by atoms with Crippen molar-refractivity contribution in [2.24, 2.45) is 11.8 Å². The Bertz CT molecular complexity index is 535. The van der Waals surface area contributed by atoms with Gasteiger partial charge in [0.05, 0.1) is 11.8 Å². The number of hydrogen-bond acceptors (Lipinski definition) is 2. The van der Waals surface area contributed by atoms with Gasteiger partial charge in [0.2, 0.25) is 11.8 Å². The SMILES string of the molecule is O=C1NC(=O)[C@H]2C(c3ccc(F)cc3)C=CC[C@@H]12. The maximum Gasteiger partial charge on any atom is 0.231 e. The maximum atomic E-state index is 12.9. The van der Waals surface area contributed by atoms with E-state index < -0.39 is 0 Å². The van der Waals surface area contributed by atoms with Crippen molar-refractivity contribution in [3.8, 4) is 0 Å². The van der Waals surface area contributed by atoms with Gasteiger partial charge in [0.1, 0.15) is 5.82 Å². The van der Waals surface area contributed by atoms with Crippen LogP contribution in [0.25, 0.3) is 0 Å². The van der Waals surface area contributed by atoms with E-state index >= 15 is 0 Å². The number of hydrogen-bond donors (Lipinski definition) is 1. The summed E-state index contributed by atoms with van der Waals surface area (Å²) in [5, 5.41) is 2.38. The van der Waals surface area contributed by atoms with E-state index in [1.54, 1.807) is 12.1 Å². The third-order valence-electron chi connectivity index (χ3n) is 3.69. The van der Waals surface area contributed by atoms with E-state index in [2.05, 4.69) is 5.32 Å². The molecular formula is C14H12FNO2. The standard InChI is InChI=1S/C14H12FNO2/c15-9-6-4-8(5-7-9)10-2-1-3-11-12(10)14(18)16-13(11)17/h1-2,4-7,10-12H,3H2,(H,16,17,18)/t10?,11-,12+/m1/s1. The van der Waals surface area contributed by atoms with Crippen molar-refractivity contribution in [3.63, 3.8) is 0 Å². The highest BCUT2D eigenvalue weighted by atomic mass is 19.1. The predicted molar refractivity (Wildman–Crippen MR) is 63.0 cm³/mol. The molecule has 1 fully saturated rings. The summed E-state index contributed by atoms with van der Waals surface area (Å²) in [5.74, 6) is -1.49. The first-order chi connectivity index (χ1) is 8.66. The van der Waals surface area contributed by atoms with Gasteiger partial charge in [-0.1, -0.05) is 24.3 Å². The number of imide groups is 1. The first-order valence-corrected chi connectivity index (χ1v) is 5.93. The average molecular weight is 245 g/mol. The molecular weight excluding hydrogens is 233 g/mol. The van der Waals surface area contributed by atoms with Gasteiger partial charge in [-0.15, -0.1) is 0 Å². The second-order valence-electron chi connectivity index (χ2n) is 4.73. The van der Waals surface area contributed by atoms with Crippen molar-refractivity contribution in [2.75, 3.05) is 0 Å². The van der Waals surface area contributed by atoms with Crippen LogP contribution in [0.15, 0.2) is 36.4 Å². The largest absolute Gasteiger partial charge is 0.296 e. The Morgan fingerprint density at radius 1 is 1.11 bits per heavy atom. The van der Waals surface area contributed by atoms with Crippen LogP contribution in [0.2, 0.25) is 0 Å². The molecule has 1 N–H and O–H groups in total. The Morgan fingerprint density at radius 2 is 1.83 bits per heavy atom. The fourth-order valence-corrected chi connectivity index (χ4v) is 2.81. The van der Waals surface area contributed by atoms with Gasteiger partial charge in [-0.2, -0.15) is 0 Å². The van der Waals surface area contributed by atoms with Gasteiger partial charge in [-0.05, 0) is 24.1 Å². The number of carbonyl (C=O) groups excluding carboxylic acids is 2. The van der Waals surface area contributed by atoms with E-state index in [4.69, 9.17) is 0 Å². The summed E-state index contributed by atoms with van der Waals surface area (Å²) >= 11 is 0. The van der Waals surface area contributed by atoms with Gasteiger partial charge in [0, 0.05) is 5.92 Å². The van der Waals surface area contributed by atoms with Gasteiger partial charge < -0.3 is 0 Å². The molecule has 0 saturated carbocycles. The Hall–Kier alpha value is -1.97. The summed E-state index contributed by atoms with van der Waals surface area (Å²) < 4.78 is 12.9. The number of halogens is 1. The van der Waals surface area contributed by atoms with Gasteiger partial charge >= 0.3 is 0 Å². The van der Waals surface area contributed by atoms with Crippen molar-refractivity contribution < 1.29 is 14.0 Å². The lowest BCUT2D eigenvalue weighted by atomic mass is 9.74. The molecule has 0 spiro atoms. The molecule has 0 bridgehead atoms. The van der Waals surface area contributed by atoms with Gasteiger partial charge in [-0.3, -0.25) is 14.9 Å². The third kappa shape index (κ3) is 1.65. The second kappa shape index (κ2) is 4.05. The highest BCUT2D eigenvalue weighted by molar-refractivity contribution is 6.05. The zero-order valence-corrected chi connectivity index (χ0v) is 9.60. The molecule has 2 aliphatic rings. The smallest absolute Gasteiger partial charge is 0.231 e. The normalized spacial score (nSPS) is 30.2. The van der Waals surface area contributed by atoms with Crippen LogP contribution >= 0.6 is 0 Å². The summed E-state index contributed by atoms with van der Waals surface area (Å²) in [7, 11) is 0. The van der Waals surface area contributed by atoms with Crippen molar-refractivity contribution in [1.82, 2.24) is 5.32 Å². The van der Waals surface area contributed by atoms with Gasteiger partial charge in [-0.25, -0.2) is 4.39 Å². The van der Waals surface area contributed by atoms with Crippen molar-refractivity contribution in [2.45, 2.75) is 12.3 Å². The molecule has 1 aromatic rings. The van der Waals surface area contributed by atoms with Crippen LogP contribution in [0, 0.1) is 17.7 Å². The molecule has 3 rings (SSSR count). The van der Waals surface area contributed by atoms with E-state index in [9.17, 15) is 14.0 Å². The van der Waals surface area contributed by atoms with E-state index in [0.29, 0.717) is 6.42 Å². The number of amides is 2. The zero-order valence-electron chi connectivity index (χ0n) is 9.60. The average Bonchev–Trinajstić information content (AvgIpc) is 2.66. The number of allylic oxidation sites excluding steroid dienone is 2. The quantitative estimate of drug-likeness (QED) is 0.605. The Kier molecular flexibility index (Phi) is 2.51. The number of benzene rings is 1. The fourth-order valence-electron chi connectivity index (χ4n) is 2.81. The summed E-state index contributed by atoms with van der Waals surface area (Å²) in [6.07, 6.45) is 4.46. The molecule has 3 atom stereocenters. The maximum absolute atomic E-state index is 12.9. The summed E-state index contributed by atoms with van der Waals surface area (Å²) in [6, 6.07) is 6.09. The molecule has 1 aliphatic carbocycles. The van der Waals surface area contributed by atoms with Crippen LogP contribution in [-0.4, -0.2) is 11.8 Å². The van der Waals surface area contributed by atoms with E-state index in [1.165, 1.54) is 12.1 Å². The van der Waals surface area contributed by atoms with E-state index in [-0.39, 0.29) is 35.4 Å². The number of carbonyl (C=O) groups is 2. The van der Waals surface area contributed by atoms with Crippen LogP contribution in [0.5, 0.6) is 0 Å². The molecule has 18 heavy (non-hydrogen) atoms. The Balaban J connectivity index is 1.99. The fraction of sp³-hybridized carbons (Fsp3) is 0.286. The van der Waals surface area contributed by atoms with Crippen LogP contribution in [0.4, 0.5) is 4.39 Å². The second-order valence-corrected chi connectivity index (χ2v) is 4.73. The molecule has 0 radical (unpaired) electrons. The lowest BCUT2D eigenvalue weighted by molar-refractivity contribution is -0.126. The number of fused-ring (bicyclic) bond motifs is 1. The topological polar surface area (TPSA) is 46.2 Å². The van der Waals surface area contributed by atoms with Crippen LogP contribution in [0.1, 0.15) is 17.9 Å². The van der Waals surface area contributed by atoms with Crippen molar-refractivity contribution in [1.29, 1.82) is 0 Å². The van der Waals surface area contributed by atoms with Crippen molar-refractivity contribution in [3.05, 3.63) is 47.8 Å².